The highest BCUT2D eigenvalue weighted by Gasteiger charge is 2.08. The molecule has 30 heavy (non-hydrogen) atoms. The Kier molecular flexibility index (Phi) is 7.62. The van der Waals surface area contributed by atoms with E-state index in [-0.39, 0.29) is 5.91 Å². The van der Waals surface area contributed by atoms with Crippen molar-refractivity contribution < 1.29 is 14.3 Å². The van der Waals surface area contributed by atoms with Gasteiger partial charge in [0.1, 0.15) is 0 Å². The summed E-state index contributed by atoms with van der Waals surface area (Å²) in [6, 6.07) is 10.8. The van der Waals surface area contributed by atoms with Gasteiger partial charge in [0.05, 0.1) is 30.5 Å². The predicted molar refractivity (Wildman–Crippen MR) is 121 cm³/mol. The number of hydrogen-bond acceptors (Lipinski definition) is 5. The Morgan fingerprint density at radius 3 is 2.70 bits per heavy atom. The molecule has 7 nitrogen and oxygen atoms in total. The number of carbonyl (C=O) groups is 1. The first-order valence-electron chi connectivity index (χ1n) is 10.1. The Hall–Kier alpha value is -3.13. The van der Waals surface area contributed by atoms with Gasteiger partial charge in [-0.2, -0.15) is 5.10 Å². The molecule has 0 atom stereocenters. The van der Waals surface area contributed by atoms with Gasteiger partial charge in [0.25, 0.3) is 5.91 Å². The van der Waals surface area contributed by atoms with Gasteiger partial charge < -0.3 is 19.4 Å². The summed E-state index contributed by atoms with van der Waals surface area (Å²) >= 11 is 5.07. The fourth-order valence-electron chi connectivity index (χ4n) is 2.93. The largest absolute Gasteiger partial charge is 0.490 e. The Bertz CT molecular complexity index is 1090. The minimum absolute atomic E-state index is 0.311. The molecule has 2 aromatic carbocycles. The van der Waals surface area contributed by atoms with E-state index in [2.05, 4.69) is 27.4 Å². The number of rotatable bonds is 10. The summed E-state index contributed by atoms with van der Waals surface area (Å²) in [5.41, 5.74) is 5.44. The number of aromatic nitrogens is 2. The van der Waals surface area contributed by atoms with Crippen LogP contribution < -0.4 is 14.9 Å². The molecule has 0 aliphatic rings. The first kappa shape index (κ1) is 21.6. The van der Waals surface area contributed by atoms with Crippen molar-refractivity contribution in [3.63, 3.8) is 0 Å². The zero-order valence-electron chi connectivity index (χ0n) is 17.2. The SMILES string of the molecule is CCCCCOc1ccc(/C=N\NC(=O)c2ccc3[nH]c(=S)[nH]c3c2)cc1OCC. The van der Waals surface area contributed by atoms with Crippen LogP contribution >= 0.6 is 12.2 Å². The van der Waals surface area contributed by atoms with E-state index in [4.69, 9.17) is 21.7 Å². The Morgan fingerprint density at radius 1 is 1.07 bits per heavy atom. The number of amides is 1. The molecule has 3 aromatic rings. The molecule has 3 N–H and O–H groups in total. The van der Waals surface area contributed by atoms with Crippen molar-refractivity contribution in [2.75, 3.05) is 13.2 Å². The zero-order chi connectivity index (χ0) is 21.3. The van der Waals surface area contributed by atoms with Crippen LogP contribution in [0.25, 0.3) is 11.0 Å². The lowest BCUT2D eigenvalue weighted by Crippen LogP contribution is -2.17. The molecule has 0 aliphatic heterocycles. The molecular formula is C22H26N4O3S. The first-order chi connectivity index (χ1) is 14.6. The molecule has 0 unspecified atom stereocenters. The van der Waals surface area contributed by atoms with Gasteiger partial charge in [-0.05, 0) is 67.5 Å². The van der Waals surface area contributed by atoms with E-state index in [1.807, 2.05) is 25.1 Å². The minimum Gasteiger partial charge on any atom is -0.490 e. The molecule has 0 saturated carbocycles. The third kappa shape index (κ3) is 5.70. The highest BCUT2D eigenvalue weighted by molar-refractivity contribution is 7.71. The van der Waals surface area contributed by atoms with Crippen LogP contribution in [0.4, 0.5) is 0 Å². The van der Waals surface area contributed by atoms with Crippen LogP contribution in [-0.4, -0.2) is 35.3 Å². The Morgan fingerprint density at radius 2 is 1.90 bits per heavy atom. The van der Waals surface area contributed by atoms with Crippen molar-refractivity contribution >= 4 is 35.4 Å². The van der Waals surface area contributed by atoms with E-state index in [0.29, 0.717) is 35.0 Å². The molecule has 3 rings (SSSR count). The van der Waals surface area contributed by atoms with Gasteiger partial charge >= 0.3 is 0 Å². The van der Waals surface area contributed by atoms with Crippen LogP contribution in [0.5, 0.6) is 11.5 Å². The van der Waals surface area contributed by atoms with Crippen LogP contribution in [-0.2, 0) is 0 Å². The van der Waals surface area contributed by atoms with E-state index in [1.165, 1.54) is 0 Å². The molecule has 1 amide bonds. The van der Waals surface area contributed by atoms with Crippen molar-refractivity contribution in [1.82, 2.24) is 15.4 Å². The molecular weight excluding hydrogens is 400 g/mol. The number of hydrogen-bond donors (Lipinski definition) is 3. The van der Waals surface area contributed by atoms with E-state index < -0.39 is 0 Å². The third-order valence-electron chi connectivity index (χ3n) is 4.43. The first-order valence-corrected chi connectivity index (χ1v) is 10.5. The van der Waals surface area contributed by atoms with E-state index in [1.54, 1.807) is 24.4 Å². The van der Waals surface area contributed by atoms with Crippen molar-refractivity contribution in [2.24, 2.45) is 5.10 Å². The van der Waals surface area contributed by atoms with Crippen molar-refractivity contribution in [2.45, 2.75) is 33.1 Å². The maximum absolute atomic E-state index is 12.4. The van der Waals surface area contributed by atoms with Crippen molar-refractivity contribution in [3.05, 3.63) is 52.3 Å². The predicted octanol–water partition coefficient (Wildman–Crippen LogP) is 4.96. The lowest BCUT2D eigenvalue weighted by Gasteiger charge is -2.12. The number of nitrogens with zero attached hydrogens (tertiary/aromatic N) is 1. The third-order valence-corrected chi connectivity index (χ3v) is 4.64. The molecule has 1 aromatic heterocycles. The normalized spacial score (nSPS) is 11.1. The molecule has 8 heteroatoms. The lowest BCUT2D eigenvalue weighted by atomic mass is 10.2. The Labute approximate surface area is 180 Å². The fraction of sp³-hybridized carbons (Fsp3) is 0.318. The zero-order valence-corrected chi connectivity index (χ0v) is 18.0. The topological polar surface area (TPSA) is 91.5 Å². The smallest absolute Gasteiger partial charge is 0.271 e. The number of aromatic amines is 2. The maximum atomic E-state index is 12.4. The number of unbranched alkanes of at least 4 members (excludes halogenated alkanes) is 2. The second-order valence-corrected chi connectivity index (χ2v) is 7.14. The summed E-state index contributed by atoms with van der Waals surface area (Å²) in [5, 5.41) is 4.06. The summed E-state index contributed by atoms with van der Waals surface area (Å²) in [7, 11) is 0. The van der Waals surface area contributed by atoms with Gasteiger partial charge in [-0.1, -0.05) is 19.8 Å². The van der Waals surface area contributed by atoms with Crippen molar-refractivity contribution in [3.8, 4) is 11.5 Å². The molecule has 1 heterocycles. The van der Waals surface area contributed by atoms with Gasteiger partial charge in [0.2, 0.25) is 0 Å². The number of benzene rings is 2. The summed E-state index contributed by atoms with van der Waals surface area (Å²) in [5.74, 6) is 1.07. The van der Waals surface area contributed by atoms with E-state index in [9.17, 15) is 4.79 Å². The van der Waals surface area contributed by atoms with Crippen LogP contribution in [0.15, 0.2) is 41.5 Å². The number of imidazole rings is 1. The maximum Gasteiger partial charge on any atom is 0.271 e. The van der Waals surface area contributed by atoms with E-state index in [0.717, 1.165) is 35.9 Å². The standard InChI is InChI=1S/C22H26N4O3S/c1-3-5-6-11-29-19-10-7-15(12-20(19)28-4-2)14-23-26-21(27)16-8-9-17-18(13-16)25-22(30)24-17/h7-10,12-14H,3-6,11H2,1-2H3,(H,26,27)(H2,24,25,30)/b23-14-. The number of carbonyl (C=O) groups excluding carboxylic acids is 1. The second-order valence-electron chi connectivity index (χ2n) is 6.73. The van der Waals surface area contributed by atoms with Crippen LogP contribution in [0.1, 0.15) is 49.0 Å². The quantitative estimate of drug-likeness (QED) is 0.185. The Balaban J connectivity index is 1.64. The highest BCUT2D eigenvalue weighted by Crippen LogP contribution is 2.28. The number of nitrogens with one attached hydrogen (secondary N) is 3. The van der Waals surface area contributed by atoms with Crippen LogP contribution in [0.3, 0.4) is 0 Å². The summed E-state index contributed by atoms with van der Waals surface area (Å²) in [6.07, 6.45) is 4.87. The second kappa shape index (κ2) is 10.6. The summed E-state index contributed by atoms with van der Waals surface area (Å²) < 4.78 is 12.0. The van der Waals surface area contributed by atoms with Gasteiger partial charge in [0.15, 0.2) is 16.3 Å². The molecule has 0 spiro atoms. The molecule has 0 saturated heterocycles. The molecule has 158 valence electrons. The number of hydrazone groups is 1. The van der Waals surface area contributed by atoms with Crippen LogP contribution in [0, 0.1) is 4.77 Å². The number of ether oxygens (including phenoxy) is 2. The summed E-state index contributed by atoms with van der Waals surface area (Å²) in [6.45, 7) is 5.28. The number of H-pyrrole nitrogens is 2. The number of fused-ring (bicyclic) bond motifs is 1. The van der Waals surface area contributed by atoms with Gasteiger partial charge in [-0.3, -0.25) is 4.79 Å². The highest BCUT2D eigenvalue weighted by atomic mass is 32.1. The molecule has 0 bridgehead atoms. The monoisotopic (exact) mass is 426 g/mol. The fourth-order valence-corrected chi connectivity index (χ4v) is 3.15. The van der Waals surface area contributed by atoms with Gasteiger partial charge in [-0.25, -0.2) is 5.43 Å². The van der Waals surface area contributed by atoms with Gasteiger partial charge in [0, 0.05) is 5.56 Å². The molecule has 0 aliphatic carbocycles. The average Bonchev–Trinajstić information content (AvgIpc) is 3.11. The summed E-state index contributed by atoms with van der Waals surface area (Å²) in [4.78, 5) is 18.4. The van der Waals surface area contributed by atoms with Crippen LogP contribution in [0.2, 0.25) is 0 Å². The van der Waals surface area contributed by atoms with Crippen molar-refractivity contribution in [1.29, 1.82) is 0 Å². The van der Waals surface area contributed by atoms with E-state index >= 15 is 0 Å². The molecule has 0 fully saturated rings. The average molecular weight is 427 g/mol. The van der Waals surface area contributed by atoms with Gasteiger partial charge in [-0.15, -0.1) is 0 Å². The minimum atomic E-state index is -0.311. The molecule has 0 radical (unpaired) electrons. The lowest BCUT2D eigenvalue weighted by molar-refractivity contribution is 0.0955.